The van der Waals surface area contributed by atoms with E-state index in [-0.39, 0.29) is 27.7 Å². The third-order valence-electron chi connectivity index (χ3n) is 5.96. The van der Waals surface area contributed by atoms with Crippen LogP contribution in [0.2, 0.25) is 5.02 Å². The third kappa shape index (κ3) is 3.47. The number of nitrogens with zero attached hydrogens (tertiary/aromatic N) is 3. The lowest BCUT2D eigenvalue weighted by molar-refractivity contribution is 0.0695. The molecule has 9 heteroatoms. The zero-order chi connectivity index (χ0) is 23.3. The van der Waals surface area contributed by atoms with Gasteiger partial charge in [0.25, 0.3) is 5.91 Å². The van der Waals surface area contributed by atoms with E-state index >= 15 is 0 Å². The highest BCUT2D eigenvalue weighted by Crippen LogP contribution is 2.40. The maximum absolute atomic E-state index is 14.8. The number of benzene rings is 2. The Morgan fingerprint density at radius 3 is 2.45 bits per heavy atom. The van der Waals surface area contributed by atoms with E-state index in [1.54, 1.807) is 24.3 Å². The van der Waals surface area contributed by atoms with Crippen molar-refractivity contribution in [2.45, 2.75) is 25.2 Å². The number of aromatic nitrogens is 3. The van der Waals surface area contributed by atoms with Gasteiger partial charge in [0.05, 0.1) is 27.2 Å². The third-order valence-corrected chi connectivity index (χ3v) is 6.28. The molecule has 0 saturated heterocycles. The van der Waals surface area contributed by atoms with Gasteiger partial charge < -0.3 is 5.11 Å². The van der Waals surface area contributed by atoms with Crippen LogP contribution in [0, 0.1) is 11.6 Å². The molecule has 1 N–H and O–H groups in total. The summed E-state index contributed by atoms with van der Waals surface area (Å²) in [6.07, 6.45) is 4.37. The highest BCUT2D eigenvalue weighted by molar-refractivity contribution is 6.34. The summed E-state index contributed by atoms with van der Waals surface area (Å²) < 4.78 is 30.7. The number of carboxylic acids is 1. The van der Waals surface area contributed by atoms with Crippen molar-refractivity contribution in [3.05, 3.63) is 82.0 Å². The van der Waals surface area contributed by atoms with Gasteiger partial charge in [-0.25, -0.2) is 13.6 Å². The van der Waals surface area contributed by atoms with Crippen LogP contribution in [0.4, 0.5) is 8.78 Å². The first-order valence-electron chi connectivity index (χ1n) is 10.3. The number of pyridine rings is 1. The molecule has 1 aliphatic carbocycles. The molecule has 1 fully saturated rings. The van der Waals surface area contributed by atoms with Crippen LogP contribution in [0.25, 0.3) is 22.3 Å². The summed E-state index contributed by atoms with van der Waals surface area (Å²) in [6, 6.07) is 9.83. The lowest BCUT2D eigenvalue weighted by Crippen LogP contribution is -2.20. The van der Waals surface area contributed by atoms with Gasteiger partial charge in [0.2, 0.25) is 0 Å². The topological polar surface area (TPSA) is 85.1 Å². The number of hydrogen-bond donors (Lipinski definition) is 1. The molecule has 2 aromatic heterocycles. The van der Waals surface area contributed by atoms with Gasteiger partial charge in [-0.2, -0.15) is 9.78 Å². The fraction of sp³-hybridized carbons (Fsp3) is 0.167. The molecule has 6 nitrogen and oxygen atoms in total. The minimum absolute atomic E-state index is 0.101. The van der Waals surface area contributed by atoms with Gasteiger partial charge in [0.15, 0.2) is 0 Å². The maximum Gasteiger partial charge on any atom is 0.335 e. The van der Waals surface area contributed by atoms with Crippen molar-refractivity contribution in [1.29, 1.82) is 0 Å². The molecule has 33 heavy (non-hydrogen) atoms. The van der Waals surface area contributed by atoms with Crippen LogP contribution >= 0.6 is 11.6 Å². The summed E-state index contributed by atoms with van der Waals surface area (Å²) in [6.45, 7) is 0. The largest absolute Gasteiger partial charge is 0.478 e. The van der Waals surface area contributed by atoms with Crippen molar-refractivity contribution < 1.29 is 23.5 Å². The quantitative estimate of drug-likeness (QED) is 0.417. The highest BCUT2D eigenvalue weighted by Gasteiger charge is 2.30. The van der Waals surface area contributed by atoms with E-state index in [2.05, 4.69) is 10.1 Å². The molecule has 0 spiro atoms. The van der Waals surface area contributed by atoms with E-state index in [4.69, 9.17) is 16.7 Å². The summed E-state index contributed by atoms with van der Waals surface area (Å²) in [5, 5.41) is 13.6. The van der Waals surface area contributed by atoms with Crippen LogP contribution in [0.1, 0.15) is 51.5 Å². The minimum atomic E-state index is -1.47. The lowest BCUT2D eigenvalue weighted by atomic mass is 9.78. The average molecular weight is 468 g/mol. The number of carbonyl (C=O) groups is 2. The summed E-state index contributed by atoms with van der Waals surface area (Å²) in [4.78, 5) is 29.0. The summed E-state index contributed by atoms with van der Waals surface area (Å²) in [5.74, 6) is -4.03. The molecule has 0 radical (unpaired) electrons. The first-order chi connectivity index (χ1) is 15.9. The monoisotopic (exact) mass is 467 g/mol. The van der Waals surface area contributed by atoms with Gasteiger partial charge in [-0.05, 0) is 54.7 Å². The van der Waals surface area contributed by atoms with Crippen molar-refractivity contribution in [2.75, 3.05) is 0 Å². The Hall–Kier alpha value is -3.65. The van der Waals surface area contributed by atoms with Crippen molar-refractivity contribution in [3.8, 4) is 11.3 Å². The zero-order valence-corrected chi connectivity index (χ0v) is 17.8. The van der Waals surface area contributed by atoms with E-state index in [1.807, 2.05) is 6.07 Å². The molecular weight excluding hydrogens is 452 g/mol. The van der Waals surface area contributed by atoms with Crippen molar-refractivity contribution in [1.82, 2.24) is 14.8 Å². The Bertz CT molecular complexity index is 1420. The Kier molecular flexibility index (Phi) is 5.17. The van der Waals surface area contributed by atoms with Crippen molar-refractivity contribution in [2.24, 2.45) is 0 Å². The van der Waals surface area contributed by atoms with E-state index in [1.165, 1.54) is 6.20 Å². The number of carboxylic acid groups (broad SMARTS) is 1. The van der Waals surface area contributed by atoms with E-state index < -0.39 is 34.6 Å². The van der Waals surface area contributed by atoms with E-state index in [9.17, 15) is 18.4 Å². The molecule has 0 atom stereocenters. The van der Waals surface area contributed by atoms with Gasteiger partial charge in [-0.1, -0.05) is 30.2 Å². The van der Waals surface area contributed by atoms with Gasteiger partial charge >= 0.3 is 5.97 Å². The van der Waals surface area contributed by atoms with Crippen LogP contribution < -0.4 is 0 Å². The summed E-state index contributed by atoms with van der Waals surface area (Å²) >= 11 is 6.42. The lowest BCUT2D eigenvalue weighted by Gasteiger charge is -2.27. The van der Waals surface area contributed by atoms with Crippen molar-refractivity contribution >= 4 is 34.5 Å². The van der Waals surface area contributed by atoms with E-state index in [0.29, 0.717) is 17.7 Å². The number of fused-ring (bicyclic) bond motifs is 1. The number of aromatic carboxylic acids is 1. The predicted octanol–water partition coefficient (Wildman–Crippen LogP) is 5.68. The van der Waals surface area contributed by atoms with E-state index in [0.717, 1.165) is 29.5 Å². The standard InChI is InChI=1S/C24H16ClF2N3O3/c25-15-7-2-6-14(12-4-1-5-12)19(15)23(31)30-18-8-3-9-28-21(18)22(29-30)20-16(26)10-13(24(32)33)11-17(20)27/h2-3,6-12H,1,4-5H2,(H,32,33). The fourth-order valence-corrected chi connectivity index (χ4v) is 4.39. The van der Waals surface area contributed by atoms with Gasteiger partial charge in [0, 0.05) is 6.20 Å². The molecule has 166 valence electrons. The number of carbonyl (C=O) groups excluding carboxylic acids is 1. The fourth-order valence-electron chi connectivity index (χ4n) is 4.13. The molecule has 2 aromatic carbocycles. The SMILES string of the molecule is O=C(O)c1cc(F)c(-c2nn(C(=O)c3c(Cl)cccc3C3CCC3)c3cccnc23)c(F)c1. The highest BCUT2D eigenvalue weighted by atomic mass is 35.5. The van der Waals surface area contributed by atoms with Gasteiger partial charge in [-0.3, -0.25) is 9.78 Å². The normalized spacial score (nSPS) is 13.8. The second kappa shape index (κ2) is 8.04. The summed E-state index contributed by atoms with van der Waals surface area (Å²) in [7, 11) is 0. The molecule has 5 rings (SSSR count). The molecule has 2 heterocycles. The molecule has 0 amide bonds. The van der Waals surface area contributed by atoms with Gasteiger partial charge in [-0.15, -0.1) is 0 Å². The van der Waals surface area contributed by atoms with Crippen LogP contribution in [0.15, 0.2) is 48.7 Å². The first kappa shape index (κ1) is 21.2. The smallest absolute Gasteiger partial charge is 0.335 e. The van der Waals surface area contributed by atoms with Crippen LogP contribution in [-0.4, -0.2) is 31.7 Å². The molecule has 1 saturated carbocycles. The Labute approximate surface area is 191 Å². The first-order valence-corrected chi connectivity index (χ1v) is 10.6. The molecule has 0 bridgehead atoms. The predicted molar refractivity (Wildman–Crippen MR) is 118 cm³/mol. The molecule has 1 aliphatic rings. The van der Waals surface area contributed by atoms with Crippen LogP contribution in [0.5, 0.6) is 0 Å². The zero-order valence-electron chi connectivity index (χ0n) is 17.1. The molecule has 0 unspecified atom stereocenters. The second-order valence-corrected chi connectivity index (χ2v) is 8.30. The van der Waals surface area contributed by atoms with Gasteiger partial charge in [0.1, 0.15) is 22.8 Å². The maximum atomic E-state index is 14.8. The van der Waals surface area contributed by atoms with Crippen LogP contribution in [0.3, 0.4) is 0 Å². The van der Waals surface area contributed by atoms with Crippen molar-refractivity contribution in [3.63, 3.8) is 0 Å². The summed E-state index contributed by atoms with van der Waals surface area (Å²) in [5.41, 5.74) is 0.156. The molecule has 4 aromatic rings. The number of rotatable bonds is 4. The number of hydrogen-bond acceptors (Lipinski definition) is 4. The molecular formula is C24H16ClF2N3O3. The number of halogens is 3. The molecule has 0 aliphatic heterocycles. The Morgan fingerprint density at radius 2 is 1.82 bits per heavy atom. The Balaban J connectivity index is 1.71. The Morgan fingerprint density at radius 1 is 1.09 bits per heavy atom. The second-order valence-electron chi connectivity index (χ2n) is 7.89. The minimum Gasteiger partial charge on any atom is -0.478 e. The van der Waals surface area contributed by atoms with Crippen LogP contribution in [-0.2, 0) is 0 Å². The average Bonchev–Trinajstić information content (AvgIpc) is 3.11.